The molecule has 0 radical (unpaired) electrons. The summed E-state index contributed by atoms with van der Waals surface area (Å²) in [4.78, 5) is 2.29. The van der Waals surface area contributed by atoms with Crippen molar-refractivity contribution < 1.29 is 9.84 Å². The predicted molar refractivity (Wildman–Crippen MR) is 90.6 cm³/mol. The number of methoxy groups -OCH3 is 1. The largest absolute Gasteiger partial charge is 0.389 e. The molecule has 0 spiro atoms. The molecule has 1 unspecified atom stereocenters. The van der Waals surface area contributed by atoms with Gasteiger partial charge in [0.15, 0.2) is 0 Å². The summed E-state index contributed by atoms with van der Waals surface area (Å²) in [6.45, 7) is 3.85. The van der Waals surface area contributed by atoms with E-state index in [9.17, 15) is 5.11 Å². The van der Waals surface area contributed by atoms with Crippen molar-refractivity contribution in [3.05, 3.63) is 33.8 Å². The summed E-state index contributed by atoms with van der Waals surface area (Å²) in [5.74, 6) is 0. The second-order valence-electron chi connectivity index (χ2n) is 5.84. The third-order valence-corrected chi connectivity index (χ3v) is 4.37. The first kappa shape index (κ1) is 18.0. The van der Waals surface area contributed by atoms with Gasteiger partial charge in [0.25, 0.3) is 0 Å². The van der Waals surface area contributed by atoms with Crippen LogP contribution in [0.4, 0.5) is 0 Å². The molecule has 1 fully saturated rings. The van der Waals surface area contributed by atoms with Crippen molar-refractivity contribution in [2.75, 3.05) is 33.4 Å². The summed E-state index contributed by atoms with van der Waals surface area (Å²) in [5.41, 5.74) is 1.11. The average molecular weight is 347 g/mol. The summed E-state index contributed by atoms with van der Waals surface area (Å²) in [6.07, 6.45) is 1.75. The summed E-state index contributed by atoms with van der Waals surface area (Å²) in [6, 6.07) is 6.12. The van der Waals surface area contributed by atoms with Gasteiger partial charge in [-0.2, -0.15) is 0 Å². The molecule has 22 heavy (non-hydrogen) atoms. The lowest BCUT2D eigenvalue weighted by molar-refractivity contribution is 0.0310. The molecule has 1 saturated heterocycles. The fraction of sp³-hybridized carbons (Fsp3) is 0.625. The van der Waals surface area contributed by atoms with E-state index in [2.05, 4.69) is 10.2 Å². The van der Waals surface area contributed by atoms with Crippen LogP contribution in [0.15, 0.2) is 18.2 Å². The fourth-order valence-electron chi connectivity index (χ4n) is 2.84. The van der Waals surface area contributed by atoms with E-state index in [-0.39, 0.29) is 0 Å². The Morgan fingerprint density at radius 3 is 2.50 bits per heavy atom. The number of piperidine rings is 1. The van der Waals surface area contributed by atoms with Gasteiger partial charge >= 0.3 is 0 Å². The Kier molecular flexibility index (Phi) is 7.41. The van der Waals surface area contributed by atoms with Gasteiger partial charge in [0, 0.05) is 36.3 Å². The van der Waals surface area contributed by atoms with Crippen LogP contribution in [0.2, 0.25) is 10.0 Å². The molecule has 124 valence electrons. The normalized spacial score (nSPS) is 18.5. The van der Waals surface area contributed by atoms with E-state index >= 15 is 0 Å². The first-order valence-electron chi connectivity index (χ1n) is 7.64. The third kappa shape index (κ3) is 6.03. The van der Waals surface area contributed by atoms with Gasteiger partial charge in [0.05, 0.1) is 12.7 Å². The number of β-amino-alcohol motifs (C(OH)–C–C–N with tert-alkyl or cyclic N) is 1. The van der Waals surface area contributed by atoms with Crippen molar-refractivity contribution in [3.63, 3.8) is 0 Å². The fourth-order valence-corrected chi connectivity index (χ4v) is 3.41. The first-order chi connectivity index (χ1) is 10.6. The van der Waals surface area contributed by atoms with Crippen LogP contribution in [0.25, 0.3) is 0 Å². The van der Waals surface area contributed by atoms with Gasteiger partial charge in [-0.3, -0.25) is 0 Å². The number of likely N-dealkylation sites (tertiary alicyclic amines) is 1. The highest BCUT2D eigenvalue weighted by atomic mass is 35.5. The minimum atomic E-state index is -0.400. The van der Waals surface area contributed by atoms with Gasteiger partial charge in [-0.15, -0.1) is 0 Å². The van der Waals surface area contributed by atoms with Crippen molar-refractivity contribution in [3.8, 4) is 0 Å². The van der Waals surface area contributed by atoms with Crippen LogP contribution in [0.5, 0.6) is 0 Å². The van der Waals surface area contributed by atoms with Crippen LogP contribution in [0.3, 0.4) is 0 Å². The van der Waals surface area contributed by atoms with Gasteiger partial charge in [-0.05, 0) is 49.7 Å². The minimum absolute atomic E-state index is 0.397. The van der Waals surface area contributed by atoms with Crippen LogP contribution in [-0.4, -0.2) is 55.5 Å². The van der Waals surface area contributed by atoms with E-state index in [1.165, 1.54) is 0 Å². The number of ether oxygens (including phenoxy) is 1. The quantitative estimate of drug-likeness (QED) is 0.796. The van der Waals surface area contributed by atoms with Crippen molar-refractivity contribution in [2.45, 2.75) is 31.5 Å². The molecule has 1 atom stereocenters. The van der Waals surface area contributed by atoms with Gasteiger partial charge in [-0.1, -0.05) is 23.2 Å². The molecule has 0 amide bonds. The van der Waals surface area contributed by atoms with Gasteiger partial charge < -0.3 is 20.1 Å². The zero-order valence-corrected chi connectivity index (χ0v) is 14.4. The monoisotopic (exact) mass is 346 g/mol. The number of halogens is 2. The number of hydrogen-bond donors (Lipinski definition) is 2. The average Bonchev–Trinajstić information content (AvgIpc) is 2.46. The maximum atomic E-state index is 9.76. The summed E-state index contributed by atoms with van der Waals surface area (Å²) in [7, 11) is 1.61. The molecule has 6 heteroatoms. The molecule has 1 aliphatic rings. The molecule has 0 aliphatic carbocycles. The molecule has 0 bridgehead atoms. The smallest absolute Gasteiger partial charge is 0.0900 e. The Hall–Kier alpha value is -0.360. The number of nitrogens with one attached hydrogen (secondary N) is 1. The van der Waals surface area contributed by atoms with Gasteiger partial charge in [0.1, 0.15) is 0 Å². The lowest BCUT2D eigenvalue weighted by Crippen LogP contribution is -2.45. The number of rotatable bonds is 7. The molecule has 1 aliphatic heterocycles. The van der Waals surface area contributed by atoms with E-state index in [1.54, 1.807) is 13.2 Å². The van der Waals surface area contributed by atoms with Crippen molar-refractivity contribution >= 4 is 23.2 Å². The molecule has 2 N–H and O–H groups in total. The van der Waals surface area contributed by atoms with E-state index < -0.39 is 6.10 Å². The number of benzene rings is 1. The standard InChI is InChI=1S/C16H24Cl2N2O2/c1-22-11-16(21)10-20-4-2-15(3-5-20)19-9-12-6-13(17)8-14(18)7-12/h6-8,15-16,19,21H,2-5,9-11H2,1H3. The number of nitrogens with zero attached hydrogens (tertiary/aromatic N) is 1. The SMILES string of the molecule is COCC(O)CN1CCC(NCc2cc(Cl)cc(Cl)c2)CC1. The molecule has 4 nitrogen and oxygen atoms in total. The number of hydrogen-bond acceptors (Lipinski definition) is 4. The molecular weight excluding hydrogens is 323 g/mol. The summed E-state index contributed by atoms with van der Waals surface area (Å²) in [5, 5.41) is 14.7. The summed E-state index contributed by atoms with van der Waals surface area (Å²) >= 11 is 12.0. The van der Waals surface area contributed by atoms with E-state index in [4.69, 9.17) is 27.9 Å². The Balaban J connectivity index is 1.71. The summed E-state index contributed by atoms with van der Waals surface area (Å²) < 4.78 is 4.96. The van der Waals surface area contributed by atoms with Gasteiger partial charge in [0.2, 0.25) is 0 Å². The molecule has 1 aromatic rings. The Bertz CT molecular complexity index is 445. The van der Waals surface area contributed by atoms with Crippen LogP contribution in [-0.2, 0) is 11.3 Å². The maximum Gasteiger partial charge on any atom is 0.0900 e. The van der Waals surface area contributed by atoms with Crippen LogP contribution in [0.1, 0.15) is 18.4 Å². The Morgan fingerprint density at radius 2 is 1.91 bits per heavy atom. The van der Waals surface area contributed by atoms with E-state index in [0.29, 0.717) is 29.2 Å². The highest BCUT2D eigenvalue weighted by molar-refractivity contribution is 6.34. The second-order valence-corrected chi connectivity index (χ2v) is 6.72. The second kappa shape index (κ2) is 9.06. The van der Waals surface area contributed by atoms with Crippen molar-refractivity contribution in [1.82, 2.24) is 10.2 Å². The molecule has 1 heterocycles. The van der Waals surface area contributed by atoms with Crippen LogP contribution >= 0.6 is 23.2 Å². The molecule has 0 aromatic heterocycles. The Labute approximate surface area is 142 Å². The molecular formula is C16H24Cl2N2O2. The van der Waals surface area contributed by atoms with Crippen LogP contribution < -0.4 is 5.32 Å². The number of aliphatic hydroxyl groups is 1. The molecule has 0 saturated carbocycles. The highest BCUT2D eigenvalue weighted by Crippen LogP contribution is 2.19. The zero-order valence-electron chi connectivity index (χ0n) is 12.9. The van der Waals surface area contributed by atoms with Crippen molar-refractivity contribution in [1.29, 1.82) is 0 Å². The van der Waals surface area contributed by atoms with Gasteiger partial charge in [-0.25, -0.2) is 0 Å². The number of aliphatic hydroxyl groups excluding tert-OH is 1. The maximum absolute atomic E-state index is 9.76. The predicted octanol–water partition coefficient (Wildman–Crippen LogP) is 2.55. The lowest BCUT2D eigenvalue weighted by Gasteiger charge is -2.33. The minimum Gasteiger partial charge on any atom is -0.389 e. The van der Waals surface area contributed by atoms with Crippen molar-refractivity contribution in [2.24, 2.45) is 0 Å². The third-order valence-electron chi connectivity index (χ3n) is 3.93. The van der Waals surface area contributed by atoms with Crippen LogP contribution in [0, 0.1) is 0 Å². The highest BCUT2D eigenvalue weighted by Gasteiger charge is 2.20. The lowest BCUT2D eigenvalue weighted by atomic mass is 10.0. The molecule has 1 aromatic carbocycles. The first-order valence-corrected chi connectivity index (χ1v) is 8.40. The van der Waals surface area contributed by atoms with E-state index in [0.717, 1.165) is 38.0 Å². The Morgan fingerprint density at radius 1 is 1.27 bits per heavy atom. The topological polar surface area (TPSA) is 44.7 Å². The van der Waals surface area contributed by atoms with E-state index in [1.807, 2.05) is 12.1 Å². The molecule has 2 rings (SSSR count). The zero-order chi connectivity index (χ0) is 15.9.